The third kappa shape index (κ3) is 3.49. The number of methoxy groups -OCH3 is 1. The topological polar surface area (TPSA) is 70.1 Å². The number of hydrogen-bond donors (Lipinski definition) is 1. The number of aromatic nitrogens is 2. The van der Waals surface area contributed by atoms with Gasteiger partial charge < -0.3 is 15.0 Å². The standard InChI is InChI=1S/C16H21N3O2/c1-11-7-14(8-15(17)16(20)21-3)12(2)19(11)10-13-5-4-6-18-9-13/h4-7,9,15H,8,10,17H2,1-3H3. The molecule has 1 atom stereocenters. The summed E-state index contributed by atoms with van der Waals surface area (Å²) < 4.78 is 6.88. The molecule has 2 heterocycles. The number of esters is 1. The highest BCUT2D eigenvalue weighted by atomic mass is 16.5. The average Bonchev–Trinajstić information content (AvgIpc) is 2.75. The normalized spacial score (nSPS) is 12.2. The fourth-order valence-electron chi connectivity index (χ4n) is 2.47. The Morgan fingerprint density at radius 3 is 2.86 bits per heavy atom. The first-order chi connectivity index (χ1) is 10.0. The Morgan fingerprint density at radius 1 is 1.48 bits per heavy atom. The Labute approximate surface area is 124 Å². The molecule has 0 radical (unpaired) electrons. The number of pyridine rings is 1. The quantitative estimate of drug-likeness (QED) is 0.848. The van der Waals surface area contributed by atoms with Crippen molar-refractivity contribution in [3.05, 3.63) is 53.1 Å². The molecule has 21 heavy (non-hydrogen) atoms. The lowest BCUT2D eigenvalue weighted by Crippen LogP contribution is -2.33. The van der Waals surface area contributed by atoms with Crippen LogP contribution in [-0.2, 0) is 22.5 Å². The lowest BCUT2D eigenvalue weighted by molar-refractivity contribution is -0.142. The molecule has 0 aliphatic rings. The summed E-state index contributed by atoms with van der Waals surface area (Å²) in [6, 6.07) is 5.43. The fourth-order valence-corrected chi connectivity index (χ4v) is 2.47. The third-order valence-electron chi connectivity index (χ3n) is 3.69. The van der Waals surface area contributed by atoms with Gasteiger partial charge in [0.25, 0.3) is 0 Å². The van der Waals surface area contributed by atoms with E-state index in [2.05, 4.69) is 27.3 Å². The molecule has 0 saturated heterocycles. The average molecular weight is 287 g/mol. The lowest BCUT2D eigenvalue weighted by Gasteiger charge is -2.11. The van der Waals surface area contributed by atoms with E-state index in [0.29, 0.717) is 6.42 Å². The van der Waals surface area contributed by atoms with Gasteiger partial charge in [0.15, 0.2) is 0 Å². The minimum atomic E-state index is -0.623. The number of carbonyl (C=O) groups is 1. The van der Waals surface area contributed by atoms with Crippen molar-refractivity contribution in [2.45, 2.75) is 32.9 Å². The zero-order valence-electron chi connectivity index (χ0n) is 12.7. The molecule has 0 bridgehead atoms. The number of nitrogens with zero attached hydrogens (tertiary/aromatic N) is 2. The molecule has 0 aromatic carbocycles. The van der Waals surface area contributed by atoms with Crippen LogP contribution in [0.2, 0.25) is 0 Å². The van der Waals surface area contributed by atoms with E-state index < -0.39 is 6.04 Å². The van der Waals surface area contributed by atoms with Crippen LogP contribution in [0.3, 0.4) is 0 Å². The first-order valence-electron chi connectivity index (χ1n) is 6.91. The minimum absolute atomic E-state index is 0.382. The van der Waals surface area contributed by atoms with Gasteiger partial charge in [-0.3, -0.25) is 9.78 Å². The van der Waals surface area contributed by atoms with Crippen molar-refractivity contribution in [2.24, 2.45) is 5.73 Å². The van der Waals surface area contributed by atoms with Crippen molar-refractivity contribution >= 4 is 5.97 Å². The molecule has 0 fully saturated rings. The monoisotopic (exact) mass is 287 g/mol. The van der Waals surface area contributed by atoms with Gasteiger partial charge in [0.1, 0.15) is 6.04 Å². The van der Waals surface area contributed by atoms with E-state index in [9.17, 15) is 4.79 Å². The molecule has 2 rings (SSSR count). The number of rotatable bonds is 5. The zero-order valence-corrected chi connectivity index (χ0v) is 12.7. The molecule has 0 aliphatic heterocycles. The Morgan fingerprint density at radius 2 is 2.24 bits per heavy atom. The Hall–Kier alpha value is -2.14. The molecule has 112 valence electrons. The van der Waals surface area contributed by atoms with Crippen molar-refractivity contribution in [1.82, 2.24) is 9.55 Å². The van der Waals surface area contributed by atoms with Gasteiger partial charge in [0.2, 0.25) is 0 Å². The van der Waals surface area contributed by atoms with Crippen molar-refractivity contribution in [2.75, 3.05) is 7.11 Å². The van der Waals surface area contributed by atoms with E-state index in [4.69, 9.17) is 5.73 Å². The van der Waals surface area contributed by atoms with Gasteiger partial charge in [0, 0.05) is 30.3 Å². The third-order valence-corrected chi connectivity index (χ3v) is 3.69. The summed E-state index contributed by atoms with van der Waals surface area (Å²) in [5.41, 5.74) is 10.3. The molecule has 0 saturated carbocycles. The summed E-state index contributed by atoms with van der Waals surface area (Å²) in [6.45, 7) is 4.86. The van der Waals surface area contributed by atoms with Gasteiger partial charge in [-0.25, -0.2) is 0 Å². The van der Waals surface area contributed by atoms with Crippen molar-refractivity contribution in [3.63, 3.8) is 0 Å². The molecule has 0 spiro atoms. The van der Waals surface area contributed by atoms with Gasteiger partial charge in [-0.15, -0.1) is 0 Å². The Kier molecular flexibility index (Phi) is 4.75. The molecule has 2 N–H and O–H groups in total. The van der Waals surface area contributed by atoms with E-state index in [1.54, 1.807) is 6.20 Å². The van der Waals surface area contributed by atoms with Gasteiger partial charge in [0.05, 0.1) is 7.11 Å². The Balaban J connectivity index is 2.19. The van der Waals surface area contributed by atoms with E-state index in [1.807, 2.05) is 25.3 Å². The van der Waals surface area contributed by atoms with Gasteiger partial charge in [-0.1, -0.05) is 6.07 Å². The fraction of sp³-hybridized carbons (Fsp3) is 0.375. The summed E-state index contributed by atoms with van der Waals surface area (Å²) in [7, 11) is 1.36. The summed E-state index contributed by atoms with van der Waals surface area (Å²) >= 11 is 0. The van der Waals surface area contributed by atoms with E-state index >= 15 is 0 Å². The van der Waals surface area contributed by atoms with Crippen molar-refractivity contribution < 1.29 is 9.53 Å². The summed E-state index contributed by atoms with van der Waals surface area (Å²) in [5.74, 6) is -0.382. The van der Waals surface area contributed by atoms with Gasteiger partial charge in [-0.2, -0.15) is 0 Å². The second kappa shape index (κ2) is 6.54. The van der Waals surface area contributed by atoms with E-state index in [-0.39, 0.29) is 5.97 Å². The number of aryl methyl sites for hydroxylation is 1. The molecule has 5 nitrogen and oxygen atoms in total. The van der Waals surface area contributed by atoms with Crippen molar-refractivity contribution in [1.29, 1.82) is 0 Å². The molecular formula is C16H21N3O2. The van der Waals surface area contributed by atoms with Crippen molar-refractivity contribution in [3.8, 4) is 0 Å². The summed E-state index contributed by atoms with van der Waals surface area (Å²) in [6.07, 6.45) is 4.11. The second-order valence-electron chi connectivity index (χ2n) is 5.18. The SMILES string of the molecule is COC(=O)C(N)Cc1cc(C)n(Cc2cccnc2)c1C. The van der Waals surface area contributed by atoms with Crippen LogP contribution in [0.25, 0.3) is 0 Å². The highest BCUT2D eigenvalue weighted by Gasteiger charge is 2.18. The van der Waals surface area contributed by atoms with Crippen LogP contribution in [-0.4, -0.2) is 28.7 Å². The van der Waals surface area contributed by atoms with Crippen LogP contribution < -0.4 is 5.73 Å². The largest absolute Gasteiger partial charge is 0.468 e. The van der Waals surface area contributed by atoms with E-state index in [0.717, 1.165) is 29.1 Å². The zero-order chi connectivity index (χ0) is 15.4. The maximum atomic E-state index is 11.4. The molecular weight excluding hydrogens is 266 g/mol. The summed E-state index contributed by atoms with van der Waals surface area (Å²) in [4.78, 5) is 15.6. The van der Waals surface area contributed by atoms with Crippen LogP contribution >= 0.6 is 0 Å². The molecule has 5 heteroatoms. The maximum Gasteiger partial charge on any atom is 0.322 e. The molecule has 0 aliphatic carbocycles. The molecule has 1 unspecified atom stereocenters. The highest BCUT2D eigenvalue weighted by Crippen LogP contribution is 2.18. The smallest absolute Gasteiger partial charge is 0.322 e. The first-order valence-corrected chi connectivity index (χ1v) is 6.91. The number of ether oxygens (including phenoxy) is 1. The molecule has 0 amide bonds. The lowest BCUT2D eigenvalue weighted by atomic mass is 10.1. The van der Waals surface area contributed by atoms with Gasteiger partial charge in [-0.05, 0) is 43.5 Å². The molecule has 2 aromatic rings. The first kappa shape index (κ1) is 15.3. The van der Waals surface area contributed by atoms with Crippen LogP contribution in [0.4, 0.5) is 0 Å². The highest BCUT2D eigenvalue weighted by molar-refractivity contribution is 5.75. The summed E-state index contributed by atoms with van der Waals surface area (Å²) in [5, 5.41) is 0. The van der Waals surface area contributed by atoms with Crippen LogP contribution in [0.15, 0.2) is 30.6 Å². The van der Waals surface area contributed by atoms with Crippen LogP contribution in [0, 0.1) is 13.8 Å². The van der Waals surface area contributed by atoms with E-state index in [1.165, 1.54) is 7.11 Å². The minimum Gasteiger partial charge on any atom is -0.468 e. The van der Waals surface area contributed by atoms with Crippen LogP contribution in [0.5, 0.6) is 0 Å². The number of hydrogen-bond acceptors (Lipinski definition) is 4. The maximum absolute atomic E-state index is 11.4. The van der Waals surface area contributed by atoms with Gasteiger partial charge >= 0.3 is 5.97 Å². The predicted molar refractivity (Wildman–Crippen MR) is 80.9 cm³/mol. The van der Waals surface area contributed by atoms with Crippen LogP contribution in [0.1, 0.15) is 22.5 Å². The predicted octanol–water partition coefficient (Wildman–Crippen LogP) is 1.59. The number of carbonyl (C=O) groups excluding carboxylic acids is 1. The number of nitrogens with two attached hydrogens (primary N) is 1. The molecule has 2 aromatic heterocycles. The second-order valence-corrected chi connectivity index (χ2v) is 5.18. The Bertz CT molecular complexity index is 620.